The van der Waals surface area contributed by atoms with Crippen LogP contribution < -0.4 is 5.56 Å². The Labute approximate surface area is 142 Å². The molecule has 9 heteroatoms. The Morgan fingerprint density at radius 2 is 1.92 bits per heavy atom. The lowest BCUT2D eigenvalue weighted by atomic mass is 10.2. The molecule has 0 N–H and O–H groups in total. The number of imidazole rings is 1. The van der Waals surface area contributed by atoms with E-state index in [-0.39, 0.29) is 41.0 Å². The van der Waals surface area contributed by atoms with Crippen molar-refractivity contribution >= 4 is 21.0 Å². The zero-order valence-corrected chi connectivity index (χ0v) is 14.0. The maximum Gasteiger partial charge on any atom is 0.281 e. The second kappa shape index (κ2) is 5.76. The molecule has 1 aliphatic heterocycles. The predicted molar refractivity (Wildman–Crippen MR) is 89.6 cm³/mol. The minimum absolute atomic E-state index is 0.0405. The zero-order chi connectivity index (χ0) is 17.6. The van der Waals surface area contributed by atoms with E-state index in [2.05, 4.69) is 9.97 Å². The van der Waals surface area contributed by atoms with E-state index in [9.17, 15) is 17.6 Å². The maximum atomic E-state index is 13.0. The summed E-state index contributed by atoms with van der Waals surface area (Å²) in [6.45, 7) is 0.257. The topological polar surface area (TPSA) is 86.8 Å². The first-order valence-corrected chi connectivity index (χ1v) is 9.62. The summed E-state index contributed by atoms with van der Waals surface area (Å²) in [4.78, 5) is 21.1. The van der Waals surface area contributed by atoms with Gasteiger partial charge in [0.05, 0.1) is 30.4 Å². The molecule has 1 aromatic carbocycles. The molecule has 4 rings (SSSR count). The molecular formula is C16H15FN4O3S. The van der Waals surface area contributed by atoms with Gasteiger partial charge in [-0.2, -0.15) is 0 Å². The van der Waals surface area contributed by atoms with E-state index in [4.69, 9.17) is 0 Å². The molecule has 0 saturated carbocycles. The molecule has 0 unspecified atom stereocenters. The molecule has 7 nitrogen and oxygen atoms in total. The third-order valence-corrected chi connectivity index (χ3v) is 6.17. The van der Waals surface area contributed by atoms with E-state index in [1.165, 1.54) is 29.4 Å². The van der Waals surface area contributed by atoms with Crippen LogP contribution in [-0.2, 0) is 16.4 Å². The minimum Gasteiger partial charge on any atom is -0.311 e. The maximum absolute atomic E-state index is 13.0. The summed E-state index contributed by atoms with van der Waals surface area (Å²) in [5.74, 6) is -0.160. The van der Waals surface area contributed by atoms with Crippen molar-refractivity contribution in [2.24, 2.45) is 0 Å². The molecule has 0 bridgehead atoms. The summed E-state index contributed by atoms with van der Waals surface area (Å²) in [5.41, 5.74) is 1.05. The first-order chi connectivity index (χ1) is 11.9. The second-order valence-electron chi connectivity index (χ2n) is 6.19. The highest BCUT2D eigenvalue weighted by Gasteiger charge is 2.30. The van der Waals surface area contributed by atoms with Crippen molar-refractivity contribution in [2.75, 3.05) is 11.5 Å². The van der Waals surface area contributed by atoms with Gasteiger partial charge in [0.15, 0.2) is 21.0 Å². The van der Waals surface area contributed by atoms with Crippen molar-refractivity contribution in [3.63, 3.8) is 0 Å². The molecule has 1 saturated heterocycles. The van der Waals surface area contributed by atoms with Crippen molar-refractivity contribution < 1.29 is 12.8 Å². The van der Waals surface area contributed by atoms with Gasteiger partial charge >= 0.3 is 0 Å². The summed E-state index contributed by atoms with van der Waals surface area (Å²) in [5, 5.41) is 0. The molecule has 3 heterocycles. The number of nitrogens with zero attached hydrogens (tertiary/aromatic N) is 4. The van der Waals surface area contributed by atoms with Crippen LogP contribution in [0, 0.1) is 5.82 Å². The SMILES string of the molecule is O=c1c2ncn([C@H]3CCS(=O)(=O)C3)c2ncn1Cc1ccc(F)cc1. The summed E-state index contributed by atoms with van der Waals surface area (Å²) in [7, 11) is -3.04. The highest BCUT2D eigenvalue weighted by molar-refractivity contribution is 7.91. The summed E-state index contributed by atoms with van der Waals surface area (Å²) in [6, 6.07) is 5.64. The molecule has 3 aromatic rings. The lowest BCUT2D eigenvalue weighted by Gasteiger charge is -2.10. The third kappa shape index (κ3) is 2.95. The fourth-order valence-electron chi connectivity index (χ4n) is 3.11. The largest absolute Gasteiger partial charge is 0.311 e. The van der Waals surface area contributed by atoms with E-state index in [0.29, 0.717) is 12.1 Å². The molecule has 0 amide bonds. The number of aromatic nitrogens is 4. The Kier molecular flexibility index (Phi) is 3.68. The monoisotopic (exact) mass is 362 g/mol. The Balaban J connectivity index is 1.70. The standard InChI is InChI=1S/C16H15FN4O3S/c17-12-3-1-11(2-4-12)7-20-9-19-15-14(16(20)22)18-10-21(15)13-5-6-25(23,24)8-13/h1-4,9-10,13H,5-8H2/t13-/m0/s1. The van der Waals surface area contributed by atoms with Crippen LogP contribution in [0.3, 0.4) is 0 Å². The number of fused-ring (bicyclic) bond motifs is 1. The van der Waals surface area contributed by atoms with E-state index in [1.807, 2.05) is 0 Å². The number of hydrogen-bond donors (Lipinski definition) is 0. The molecule has 130 valence electrons. The Morgan fingerprint density at radius 1 is 1.16 bits per heavy atom. The van der Waals surface area contributed by atoms with E-state index in [0.717, 1.165) is 5.56 Å². The molecule has 25 heavy (non-hydrogen) atoms. The van der Waals surface area contributed by atoms with Crippen LogP contribution >= 0.6 is 0 Å². The molecular weight excluding hydrogens is 347 g/mol. The first kappa shape index (κ1) is 15.9. The average molecular weight is 362 g/mol. The normalized spacial score (nSPS) is 19.5. The van der Waals surface area contributed by atoms with E-state index >= 15 is 0 Å². The van der Waals surface area contributed by atoms with Gasteiger partial charge < -0.3 is 4.57 Å². The van der Waals surface area contributed by atoms with Gasteiger partial charge in [-0.1, -0.05) is 12.1 Å². The minimum atomic E-state index is -3.04. The molecule has 2 aromatic heterocycles. The van der Waals surface area contributed by atoms with Crippen LogP contribution in [-0.4, -0.2) is 39.0 Å². The second-order valence-corrected chi connectivity index (χ2v) is 8.41. The van der Waals surface area contributed by atoms with Gasteiger partial charge in [-0.3, -0.25) is 9.36 Å². The number of hydrogen-bond acceptors (Lipinski definition) is 5. The number of halogens is 1. The van der Waals surface area contributed by atoms with Crippen molar-refractivity contribution in [3.05, 3.63) is 58.7 Å². The molecule has 1 aliphatic rings. The Bertz CT molecular complexity index is 1100. The first-order valence-electron chi connectivity index (χ1n) is 7.80. The van der Waals surface area contributed by atoms with Crippen LogP contribution in [0.5, 0.6) is 0 Å². The number of sulfone groups is 1. The van der Waals surface area contributed by atoms with Crippen LogP contribution in [0.25, 0.3) is 11.2 Å². The third-order valence-electron chi connectivity index (χ3n) is 4.42. The van der Waals surface area contributed by atoms with Crippen molar-refractivity contribution in [2.45, 2.75) is 19.0 Å². The van der Waals surface area contributed by atoms with E-state index < -0.39 is 9.84 Å². The van der Waals surface area contributed by atoms with Gasteiger partial charge in [-0.15, -0.1) is 0 Å². The van der Waals surface area contributed by atoms with Gasteiger partial charge in [-0.25, -0.2) is 22.8 Å². The predicted octanol–water partition coefficient (Wildman–Crippen LogP) is 1.14. The van der Waals surface area contributed by atoms with E-state index in [1.54, 1.807) is 16.7 Å². The van der Waals surface area contributed by atoms with Gasteiger partial charge in [0, 0.05) is 0 Å². The van der Waals surface area contributed by atoms with Crippen molar-refractivity contribution in [1.82, 2.24) is 19.1 Å². The lowest BCUT2D eigenvalue weighted by Crippen LogP contribution is -2.22. The van der Waals surface area contributed by atoms with Crippen LogP contribution in [0.1, 0.15) is 18.0 Å². The van der Waals surface area contributed by atoms with Crippen molar-refractivity contribution in [3.8, 4) is 0 Å². The fraction of sp³-hybridized carbons (Fsp3) is 0.312. The summed E-state index contributed by atoms with van der Waals surface area (Å²) >= 11 is 0. The Hall–Kier alpha value is -2.55. The number of benzene rings is 1. The smallest absolute Gasteiger partial charge is 0.281 e. The quantitative estimate of drug-likeness (QED) is 0.697. The lowest BCUT2D eigenvalue weighted by molar-refractivity contribution is 0.564. The highest BCUT2D eigenvalue weighted by atomic mass is 32.2. The number of rotatable bonds is 3. The zero-order valence-electron chi connectivity index (χ0n) is 13.2. The molecule has 0 spiro atoms. The fourth-order valence-corrected chi connectivity index (χ4v) is 4.82. The van der Waals surface area contributed by atoms with Gasteiger partial charge in [0.2, 0.25) is 0 Å². The van der Waals surface area contributed by atoms with Crippen LogP contribution in [0.4, 0.5) is 4.39 Å². The van der Waals surface area contributed by atoms with Gasteiger partial charge in [0.25, 0.3) is 5.56 Å². The van der Waals surface area contributed by atoms with Crippen LogP contribution in [0.2, 0.25) is 0 Å². The molecule has 0 radical (unpaired) electrons. The summed E-state index contributed by atoms with van der Waals surface area (Å²) < 4.78 is 39.4. The van der Waals surface area contributed by atoms with Crippen molar-refractivity contribution in [1.29, 1.82) is 0 Å². The van der Waals surface area contributed by atoms with Gasteiger partial charge in [0.1, 0.15) is 12.1 Å². The van der Waals surface area contributed by atoms with Crippen LogP contribution in [0.15, 0.2) is 41.7 Å². The van der Waals surface area contributed by atoms with Gasteiger partial charge in [-0.05, 0) is 24.1 Å². The summed E-state index contributed by atoms with van der Waals surface area (Å²) in [6.07, 6.45) is 3.39. The average Bonchev–Trinajstić information content (AvgIpc) is 3.15. The molecule has 0 aliphatic carbocycles. The highest BCUT2D eigenvalue weighted by Crippen LogP contribution is 2.25. The molecule has 1 fully saturated rings. The molecule has 1 atom stereocenters. The Morgan fingerprint density at radius 3 is 2.60 bits per heavy atom.